The molecule has 0 amide bonds. The van der Waals surface area contributed by atoms with E-state index in [1.165, 1.54) is 32.9 Å². The highest BCUT2D eigenvalue weighted by molar-refractivity contribution is 7.56. The molecule has 0 heterocycles. The molecule has 1 atom stereocenters. The Morgan fingerprint density at radius 2 is 1.38 bits per heavy atom. The molecule has 0 aliphatic rings. The molecule has 0 N–H and O–H groups in total. The summed E-state index contributed by atoms with van der Waals surface area (Å²) in [5.74, 6) is 0.942. The predicted molar refractivity (Wildman–Crippen MR) is 150 cm³/mol. The van der Waals surface area contributed by atoms with E-state index >= 15 is 0 Å². The van der Waals surface area contributed by atoms with Crippen LogP contribution in [-0.2, 0) is 0 Å². The lowest BCUT2D eigenvalue weighted by molar-refractivity contribution is 0.830. The monoisotopic (exact) mass is 459 g/mol. The molecule has 0 saturated carbocycles. The lowest BCUT2D eigenvalue weighted by Gasteiger charge is -2.23. The summed E-state index contributed by atoms with van der Waals surface area (Å²) in [6.45, 7) is 18.6. The van der Waals surface area contributed by atoms with Gasteiger partial charge in [0.25, 0.3) is 0 Å². The third-order valence-electron chi connectivity index (χ3n) is 5.99. The second kappa shape index (κ2) is 10.3. The van der Waals surface area contributed by atoms with E-state index in [4.69, 9.17) is 4.99 Å². The van der Waals surface area contributed by atoms with E-state index in [2.05, 4.69) is 121 Å². The first-order valence-electron chi connectivity index (χ1n) is 11.7. The van der Waals surface area contributed by atoms with Crippen LogP contribution in [0, 0.1) is 6.92 Å². The number of para-hydroxylation sites is 1. The molecule has 0 spiro atoms. The molecule has 3 aromatic rings. The van der Waals surface area contributed by atoms with Crippen LogP contribution in [0.15, 0.2) is 65.7 Å². The fourth-order valence-corrected chi connectivity index (χ4v) is 8.26. The Morgan fingerprint density at radius 3 is 1.97 bits per heavy atom. The summed E-state index contributed by atoms with van der Waals surface area (Å²) in [5, 5.41) is 4.41. The second-order valence-electron chi connectivity index (χ2n) is 10.3. The van der Waals surface area contributed by atoms with Crippen LogP contribution in [0.5, 0.6) is 0 Å². The minimum Gasteiger partial charge on any atom is -0.256 e. The van der Waals surface area contributed by atoms with Gasteiger partial charge in [-0.1, -0.05) is 116 Å². The van der Waals surface area contributed by atoms with Crippen LogP contribution in [-0.4, -0.2) is 14.3 Å². The molecule has 0 aromatic heterocycles. The Labute approximate surface area is 198 Å². The topological polar surface area (TPSA) is 12.4 Å². The summed E-state index contributed by atoms with van der Waals surface area (Å²) in [6.07, 6.45) is 2.12. The van der Waals surface area contributed by atoms with Crippen LogP contribution in [0.3, 0.4) is 0 Å². The molecule has 3 rings (SSSR count). The quantitative estimate of drug-likeness (QED) is 0.202. The van der Waals surface area contributed by atoms with Crippen molar-refractivity contribution in [3.05, 3.63) is 82.9 Å². The summed E-state index contributed by atoms with van der Waals surface area (Å²) in [4.78, 5) is 5.07. The fraction of sp³-hybridized carbons (Fsp3) is 0.345. The number of benzene rings is 3. The van der Waals surface area contributed by atoms with E-state index in [0.717, 1.165) is 5.69 Å². The Hall–Kier alpha value is -2.02. The van der Waals surface area contributed by atoms with Crippen molar-refractivity contribution < 1.29 is 0 Å². The predicted octanol–water partition coefficient (Wildman–Crippen LogP) is 7.17. The van der Waals surface area contributed by atoms with Crippen molar-refractivity contribution in [2.45, 2.75) is 66.1 Å². The minimum absolute atomic E-state index is 0.471. The number of aliphatic imine (C=N–C) groups is 1. The highest BCUT2D eigenvalue weighted by atomic mass is 31.1. The van der Waals surface area contributed by atoms with Crippen LogP contribution < -0.4 is 15.8 Å². The highest BCUT2D eigenvalue weighted by Crippen LogP contribution is 2.28. The van der Waals surface area contributed by atoms with Crippen molar-refractivity contribution in [2.24, 2.45) is 4.99 Å². The normalized spacial score (nSPS) is 12.7. The zero-order valence-corrected chi connectivity index (χ0v) is 23.0. The third kappa shape index (κ3) is 5.66. The molecule has 0 bridgehead atoms. The van der Waals surface area contributed by atoms with Crippen molar-refractivity contribution in [1.82, 2.24) is 0 Å². The lowest BCUT2D eigenvalue weighted by Crippen LogP contribution is -2.46. The van der Waals surface area contributed by atoms with E-state index < -0.39 is 8.07 Å². The largest absolute Gasteiger partial charge is 0.256 e. The summed E-state index contributed by atoms with van der Waals surface area (Å²) < 4.78 is 0. The maximum Gasteiger partial charge on any atom is 0.0784 e. The van der Waals surface area contributed by atoms with Gasteiger partial charge in [0, 0.05) is 11.5 Å². The molecule has 3 aromatic carbocycles. The van der Waals surface area contributed by atoms with Gasteiger partial charge in [-0.3, -0.25) is 4.99 Å². The molecule has 3 heteroatoms. The van der Waals surface area contributed by atoms with Crippen LogP contribution in [0.1, 0.15) is 61.8 Å². The van der Waals surface area contributed by atoms with Gasteiger partial charge >= 0.3 is 0 Å². The van der Waals surface area contributed by atoms with Crippen molar-refractivity contribution in [3.63, 3.8) is 0 Å². The Morgan fingerprint density at radius 1 is 0.781 bits per heavy atom. The molecule has 0 aliphatic carbocycles. The third-order valence-corrected chi connectivity index (χ3v) is 9.88. The number of rotatable bonds is 7. The molecule has 1 nitrogen and oxygen atoms in total. The SMILES string of the molecule is Cc1cccc([Si](C)(C)C)c1Pc1ccccc1N=Cc1c(C(C)C)cccc1C(C)C. The van der Waals surface area contributed by atoms with Gasteiger partial charge in [0.15, 0.2) is 0 Å². The van der Waals surface area contributed by atoms with Gasteiger partial charge in [-0.05, 0) is 52.4 Å². The number of aryl methyl sites for hydroxylation is 1. The molecule has 168 valence electrons. The van der Waals surface area contributed by atoms with Gasteiger partial charge in [0.1, 0.15) is 0 Å². The number of hydrogen-bond acceptors (Lipinski definition) is 1. The zero-order valence-electron chi connectivity index (χ0n) is 21.0. The highest BCUT2D eigenvalue weighted by Gasteiger charge is 2.21. The van der Waals surface area contributed by atoms with Crippen LogP contribution in [0.2, 0.25) is 19.6 Å². The molecule has 1 unspecified atom stereocenters. The zero-order chi connectivity index (χ0) is 23.5. The van der Waals surface area contributed by atoms with Crippen molar-refractivity contribution >= 4 is 44.4 Å². The van der Waals surface area contributed by atoms with Gasteiger partial charge in [-0.2, -0.15) is 0 Å². The molecule has 0 aliphatic heterocycles. The summed E-state index contributed by atoms with van der Waals surface area (Å²) in [6, 6.07) is 22.2. The average Bonchev–Trinajstić information content (AvgIpc) is 2.73. The van der Waals surface area contributed by atoms with E-state index in [-0.39, 0.29) is 0 Å². The molecule has 0 saturated heterocycles. The molecular weight excluding hydrogens is 421 g/mol. The first kappa shape index (κ1) is 24.6. The number of nitrogens with zero attached hydrogens (tertiary/aromatic N) is 1. The standard InChI is InChI=1S/C29H38NPSi/c1-20(2)23-14-12-15-24(21(3)4)25(23)19-30-26-16-9-10-17-27(26)31-29-22(5)13-11-18-28(29)32(6,7)8/h9-21,31H,1-8H3. The van der Waals surface area contributed by atoms with E-state index in [1.807, 2.05) is 0 Å². The maximum absolute atomic E-state index is 5.07. The molecule has 32 heavy (non-hydrogen) atoms. The first-order valence-corrected chi connectivity index (χ1v) is 16.2. The maximum atomic E-state index is 5.07. The molecular formula is C29H38NPSi. The van der Waals surface area contributed by atoms with Gasteiger partial charge in [0.2, 0.25) is 0 Å². The van der Waals surface area contributed by atoms with Gasteiger partial charge in [-0.15, -0.1) is 0 Å². The fourth-order valence-electron chi connectivity index (χ4n) is 4.18. The number of hydrogen-bond donors (Lipinski definition) is 0. The Kier molecular flexibility index (Phi) is 7.91. The van der Waals surface area contributed by atoms with Crippen molar-refractivity contribution in [2.75, 3.05) is 0 Å². The summed E-state index contributed by atoms with van der Waals surface area (Å²) >= 11 is 0. The van der Waals surface area contributed by atoms with E-state index in [0.29, 0.717) is 20.4 Å². The van der Waals surface area contributed by atoms with Crippen molar-refractivity contribution in [1.29, 1.82) is 0 Å². The Bertz CT molecular complexity index is 1080. The first-order chi connectivity index (χ1) is 15.1. The smallest absolute Gasteiger partial charge is 0.0784 e. The van der Waals surface area contributed by atoms with Gasteiger partial charge < -0.3 is 0 Å². The summed E-state index contributed by atoms with van der Waals surface area (Å²) in [5.41, 5.74) is 6.52. The Balaban J connectivity index is 2.05. The lowest BCUT2D eigenvalue weighted by atomic mass is 9.89. The molecule has 0 fully saturated rings. The van der Waals surface area contributed by atoms with E-state index in [9.17, 15) is 0 Å². The molecule has 0 radical (unpaired) electrons. The second-order valence-corrected chi connectivity index (χ2v) is 16.6. The van der Waals surface area contributed by atoms with Crippen molar-refractivity contribution in [3.8, 4) is 0 Å². The van der Waals surface area contributed by atoms with Crippen LogP contribution >= 0.6 is 8.58 Å². The average molecular weight is 460 g/mol. The minimum atomic E-state index is -1.42. The van der Waals surface area contributed by atoms with Crippen LogP contribution in [0.4, 0.5) is 5.69 Å². The van der Waals surface area contributed by atoms with Crippen LogP contribution in [0.25, 0.3) is 0 Å². The van der Waals surface area contributed by atoms with Gasteiger partial charge in [-0.25, -0.2) is 0 Å². The van der Waals surface area contributed by atoms with Gasteiger partial charge in [0.05, 0.1) is 13.8 Å². The van der Waals surface area contributed by atoms with E-state index in [1.54, 1.807) is 5.19 Å². The summed E-state index contributed by atoms with van der Waals surface area (Å²) in [7, 11) is -0.803.